The largest absolute Gasteiger partial charge is 0.349 e. The fraction of sp³-hybridized carbons (Fsp3) is 0.667. The van der Waals surface area contributed by atoms with E-state index in [9.17, 15) is 10.1 Å². The Morgan fingerprint density at radius 2 is 2.19 bits per heavy atom. The zero-order valence-electron chi connectivity index (χ0n) is 11.7. The average molecular weight is 293 g/mol. The highest BCUT2D eigenvalue weighted by Gasteiger charge is 2.32. The highest BCUT2D eigenvalue weighted by atomic mass is 16.6. The monoisotopic (exact) mass is 293 g/mol. The lowest BCUT2D eigenvalue weighted by atomic mass is 10.2. The van der Waals surface area contributed by atoms with Gasteiger partial charge in [0.25, 0.3) is 0 Å². The van der Waals surface area contributed by atoms with Gasteiger partial charge in [-0.2, -0.15) is 4.98 Å². The zero-order chi connectivity index (χ0) is 14.8. The molecule has 1 aromatic rings. The lowest BCUT2D eigenvalue weighted by Gasteiger charge is -2.26. The molecule has 0 spiro atoms. The molecule has 0 aliphatic carbocycles. The summed E-state index contributed by atoms with van der Waals surface area (Å²) in [5.74, 6) is 5.87. The maximum atomic E-state index is 11.2. The van der Waals surface area contributed by atoms with Gasteiger partial charge in [-0.05, 0) is 25.8 Å². The lowest BCUT2D eigenvalue weighted by molar-refractivity contribution is -0.384. The van der Waals surface area contributed by atoms with E-state index in [-0.39, 0.29) is 11.6 Å². The third-order valence-corrected chi connectivity index (χ3v) is 4.18. The topological polar surface area (TPSA) is 113 Å². The second kappa shape index (κ2) is 5.78. The minimum atomic E-state index is -0.438. The van der Waals surface area contributed by atoms with E-state index in [0.29, 0.717) is 11.9 Å². The molecule has 0 amide bonds. The van der Waals surface area contributed by atoms with Gasteiger partial charge < -0.3 is 4.90 Å². The Hall–Kier alpha value is -2.00. The average Bonchev–Trinajstić information content (AvgIpc) is 2.83. The van der Waals surface area contributed by atoms with Gasteiger partial charge in [0.1, 0.15) is 6.20 Å². The second-order valence-electron chi connectivity index (χ2n) is 5.44. The summed E-state index contributed by atoms with van der Waals surface area (Å²) < 4.78 is 0. The number of rotatable bonds is 3. The molecule has 1 unspecified atom stereocenters. The Labute approximate surface area is 122 Å². The fourth-order valence-corrected chi connectivity index (χ4v) is 3.20. The number of nitrogens with one attached hydrogen (secondary N) is 1. The molecule has 1 atom stereocenters. The first-order valence-corrected chi connectivity index (χ1v) is 7.16. The summed E-state index contributed by atoms with van der Waals surface area (Å²) in [6.07, 6.45) is 4.52. The molecule has 1 aromatic heterocycles. The summed E-state index contributed by atoms with van der Waals surface area (Å²) in [4.78, 5) is 23.3. The zero-order valence-corrected chi connectivity index (χ0v) is 11.7. The van der Waals surface area contributed by atoms with Crippen LogP contribution in [0, 0.1) is 10.1 Å². The molecule has 9 heteroatoms. The number of nitrogens with zero attached hydrogens (tertiary/aromatic N) is 5. The van der Waals surface area contributed by atoms with E-state index in [1.54, 1.807) is 0 Å². The molecule has 2 aliphatic heterocycles. The van der Waals surface area contributed by atoms with E-state index in [1.807, 2.05) is 4.90 Å². The van der Waals surface area contributed by atoms with E-state index in [0.717, 1.165) is 39.0 Å². The van der Waals surface area contributed by atoms with Crippen LogP contribution in [0.1, 0.15) is 19.3 Å². The molecular weight excluding hydrogens is 274 g/mol. The number of nitrogen functional groups attached to an aromatic ring is 1. The molecule has 114 valence electrons. The first kappa shape index (κ1) is 14.0. The van der Waals surface area contributed by atoms with Gasteiger partial charge in [-0.15, -0.1) is 0 Å². The van der Waals surface area contributed by atoms with Crippen molar-refractivity contribution in [3.63, 3.8) is 0 Å². The smallest absolute Gasteiger partial charge is 0.329 e. The maximum absolute atomic E-state index is 11.2. The van der Waals surface area contributed by atoms with Crippen molar-refractivity contribution in [1.82, 2.24) is 14.9 Å². The lowest BCUT2D eigenvalue weighted by Crippen LogP contribution is -2.37. The predicted octanol–water partition coefficient (Wildman–Crippen LogP) is 0.345. The van der Waals surface area contributed by atoms with Crippen LogP contribution in [0.3, 0.4) is 0 Å². The van der Waals surface area contributed by atoms with Gasteiger partial charge in [0.2, 0.25) is 11.8 Å². The second-order valence-corrected chi connectivity index (χ2v) is 5.44. The minimum absolute atomic E-state index is 0.0690. The number of aromatic nitrogens is 2. The van der Waals surface area contributed by atoms with Crippen LogP contribution in [0.5, 0.6) is 0 Å². The molecule has 9 nitrogen and oxygen atoms in total. The third kappa shape index (κ3) is 2.74. The number of fused-ring (bicyclic) bond motifs is 1. The van der Waals surface area contributed by atoms with E-state index in [1.165, 1.54) is 12.6 Å². The van der Waals surface area contributed by atoms with Crippen molar-refractivity contribution < 1.29 is 4.92 Å². The van der Waals surface area contributed by atoms with Crippen LogP contribution >= 0.6 is 0 Å². The maximum Gasteiger partial charge on any atom is 0.329 e. The first-order chi connectivity index (χ1) is 10.2. The number of hydrogen-bond acceptors (Lipinski definition) is 8. The van der Waals surface area contributed by atoms with Gasteiger partial charge in [0.05, 0.1) is 4.92 Å². The summed E-state index contributed by atoms with van der Waals surface area (Å²) in [6, 6.07) is 0.455. The van der Waals surface area contributed by atoms with Crippen LogP contribution in [-0.4, -0.2) is 52.0 Å². The Morgan fingerprint density at radius 3 is 2.95 bits per heavy atom. The van der Waals surface area contributed by atoms with Crippen LogP contribution in [0.25, 0.3) is 0 Å². The van der Waals surface area contributed by atoms with Crippen LogP contribution < -0.4 is 16.2 Å². The van der Waals surface area contributed by atoms with Gasteiger partial charge in [-0.3, -0.25) is 20.4 Å². The number of nitrogens with two attached hydrogens (primary N) is 1. The molecule has 3 N–H and O–H groups in total. The van der Waals surface area contributed by atoms with Gasteiger partial charge >= 0.3 is 5.69 Å². The Bertz CT molecular complexity index is 538. The fourth-order valence-electron chi connectivity index (χ4n) is 3.20. The van der Waals surface area contributed by atoms with Crippen molar-refractivity contribution in [3.05, 3.63) is 16.3 Å². The van der Waals surface area contributed by atoms with Crippen LogP contribution in [0.15, 0.2) is 6.20 Å². The van der Waals surface area contributed by atoms with Crippen molar-refractivity contribution >= 4 is 17.5 Å². The molecule has 3 rings (SSSR count). The molecule has 0 radical (unpaired) electrons. The number of anilines is 2. The normalized spacial score (nSPS) is 22.7. The Kier molecular flexibility index (Phi) is 3.84. The molecule has 0 aromatic carbocycles. The van der Waals surface area contributed by atoms with E-state index < -0.39 is 4.92 Å². The van der Waals surface area contributed by atoms with Crippen molar-refractivity contribution in [1.29, 1.82) is 0 Å². The summed E-state index contributed by atoms with van der Waals surface area (Å²) in [6.45, 7) is 3.69. The third-order valence-electron chi connectivity index (χ3n) is 4.18. The molecule has 2 saturated heterocycles. The molecule has 21 heavy (non-hydrogen) atoms. The summed E-state index contributed by atoms with van der Waals surface area (Å²) >= 11 is 0. The highest BCUT2D eigenvalue weighted by molar-refractivity contribution is 5.59. The van der Waals surface area contributed by atoms with E-state index in [2.05, 4.69) is 20.3 Å². The number of nitro groups is 1. The standard InChI is InChI=1S/C12H19N7O2/c13-16-12-14-7-10(19(20)21)11(15-12)18-6-2-5-17-4-1-3-9(17)8-18/h7,9H,1-6,8,13H2,(H,14,15,16). The number of hydrazine groups is 1. The molecule has 2 aliphatic rings. The van der Waals surface area contributed by atoms with Gasteiger partial charge in [-0.25, -0.2) is 10.8 Å². The van der Waals surface area contributed by atoms with Crippen molar-refractivity contribution in [2.75, 3.05) is 36.5 Å². The molecule has 0 bridgehead atoms. The Balaban J connectivity index is 1.92. The van der Waals surface area contributed by atoms with Gasteiger partial charge in [0, 0.05) is 25.7 Å². The predicted molar refractivity (Wildman–Crippen MR) is 77.9 cm³/mol. The number of hydrogen-bond donors (Lipinski definition) is 2. The SMILES string of the molecule is NNc1ncc([N+](=O)[O-])c(N2CCCN3CCCC3C2)n1. The summed E-state index contributed by atoms with van der Waals surface area (Å²) in [5.41, 5.74) is 2.28. The molecule has 0 saturated carbocycles. The summed E-state index contributed by atoms with van der Waals surface area (Å²) in [5, 5.41) is 11.2. The van der Waals surface area contributed by atoms with Crippen LogP contribution in [-0.2, 0) is 0 Å². The quantitative estimate of drug-likeness (QED) is 0.466. The van der Waals surface area contributed by atoms with Gasteiger partial charge in [0.15, 0.2) is 0 Å². The van der Waals surface area contributed by atoms with Crippen LogP contribution in [0.2, 0.25) is 0 Å². The van der Waals surface area contributed by atoms with Crippen LogP contribution in [0.4, 0.5) is 17.5 Å². The van der Waals surface area contributed by atoms with E-state index in [4.69, 9.17) is 5.84 Å². The summed E-state index contributed by atoms with van der Waals surface area (Å²) in [7, 11) is 0. The van der Waals surface area contributed by atoms with Gasteiger partial charge in [-0.1, -0.05) is 0 Å². The molecule has 2 fully saturated rings. The Morgan fingerprint density at radius 1 is 1.38 bits per heavy atom. The first-order valence-electron chi connectivity index (χ1n) is 7.16. The minimum Gasteiger partial charge on any atom is -0.349 e. The molecular formula is C12H19N7O2. The van der Waals surface area contributed by atoms with Crippen molar-refractivity contribution in [2.45, 2.75) is 25.3 Å². The van der Waals surface area contributed by atoms with Crippen molar-refractivity contribution in [2.24, 2.45) is 5.84 Å². The van der Waals surface area contributed by atoms with E-state index >= 15 is 0 Å². The highest BCUT2D eigenvalue weighted by Crippen LogP contribution is 2.30. The molecule has 3 heterocycles. The van der Waals surface area contributed by atoms with Crippen molar-refractivity contribution in [3.8, 4) is 0 Å².